The third-order valence-corrected chi connectivity index (χ3v) is 2.94. The summed E-state index contributed by atoms with van der Waals surface area (Å²) in [5.41, 5.74) is 3.48. The standard InChI is InChI=1S/C16H16N2O4/c1-21-14-7-8-15(22-2)12(9-14)10-17-18-16(20)11-3-5-13(19)6-4-11/h3-10,19H,1-2H3,(H,18,20). The molecule has 22 heavy (non-hydrogen) atoms. The number of hydrazone groups is 1. The highest BCUT2D eigenvalue weighted by Crippen LogP contribution is 2.22. The number of phenols is 1. The molecule has 114 valence electrons. The second-order valence-corrected chi connectivity index (χ2v) is 4.35. The molecule has 0 atom stereocenters. The van der Waals surface area contributed by atoms with E-state index in [0.29, 0.717) is 22.6 Å². The quantitative estimate of drug-likeness (QED) is 0.655. The van der Waals surface area contributed by atoms with Crippen molar-refractivity contribution < 1.29 is 19.4 Å². The van der Waals surface area contributed by atoms with Gasteiger partial charge in [-0.2, -0.15) is 5.10 Å². The largest absolute Gasteiger partial charge is 0.508 e. The monoisotopic (exact) mass is 300 g/mol. The highest BCUT2D eigenvalue weighted by Gasteiger charge is 2.05. The summed E-state index contributed by atoms with van der Waals surface area (Å²) in [6.45, 7) is 0. The molecule has 2 N–H and O–H groups in total. The zero-order valence-electron chi connectivity index (χ0n) is 12.2. The van der Waals surface area contributed by atoms with Gasteiger partial charge in [0.2, 0.25) is 0 Å². The van der Waals surface area contributed by atoms with Crippen molar-refractivity contribution in [3.63, 3.8) is 0 Å². The summed E-state index contributed by atoms with van der Waals surface area (Å²) >= 11 is 0. The Labute approximate surface area is 128 Å². The van der Waals surface area contributed by atoms with Crippen LogP contribution in [0.25, 0.3) is 0 Å². The summed E-state index contributed by atoms with van der Waals surface area (Å²) in [5.74, 6) is 0.995. The third kappa shape index (κ3) is 3.76. The fourth-order valence-electron chi connectivity index (χ4n) is 1.78. The Morgan fingerprint density at radius 3 is 2.50 bits per heavy atom. The van der Waals surface area contributed by atoms with Crippen LogP contribution in [0.3, 0.4) is 0 Å². The summed E-state index contributed by atoms with van der Waals surface area (Å²) in [6, 6.07) is 11.1. The molecule has 1 amide bonds. The Kier molecular flexibility index (Phi) is 4.98. The molecule has 2 aromatic carbocycles. The van der Waals surface area contributed by atoms with Crippen LogP contribution >= 0.6 is 0 Å². The van der Waals surface area contributed by atoms with Crippen LogP contribution in [-0.4, -0.2) is 31.4 Å². The van der Waals surface area contributed by atoms with Crippen molar-refractivity contribution >= 4 is 12.1 Å². The number of benzene rings is 2. The van der Waals surface area contributed by atoms with Gasteiger partial charge in [0.1, 0.15) is 17.2 Å². The van der Waals surface area contributed by atoms with Gasteiger partial charge in [0.25, 0.3) is 5.91 Å². The molecule has 6 heteroatoms. The molecule has 0 heterocycles. The molecular weight excluding hydrogens is 284 g/mol. The fourth-order valence-corrected chi connectivity index (χ4v) is 1.78. The van der Waals surface area contributed by atoms with Crippen molar-refractivity contribution in [3.8, 4) is 17.2 Å². The van der Waals surface area contributed by atoms with E-state index in [1.165, 1.54) is 30.5 Å². The summed E-state index contributed by atoms with van der Waals surface area (Å²) < 4.78 is 10.3. The molecule has 6 nitrogen and oxygen atoms in total. The van der Waals surface area contributed by atoms with Crippen LogP contribution in [-0.2, 0) is 0 Å². The number of phenolic OH excluding ortho intramolecular Hbond substituents is 1. The molecular formula is C16H16N2O4. The fraction of sp³-hybridized carbons (Fsp3) is 0.125. The van der Waals surface area contributed by atoms with Crippen LogP contribution in [0, 0.1) is 0 Å². The van der Waals surface area contributed by atoms with Gasteiger partial charge in [-0.1, -0.05) is 0 Å². The van der Waals surface area contributed by atoms with E-state index in [4.69, 9.17) is 9.47 Å². The van der Waals surface area contributed by atoms with Gasteiger partial charge >= 0.3 is 0 Å². The first-order valence-electron chi connectivity index (χ1n) is 6.48. The van der Waals surface area contributed by atoms with E-state index < -0.39 is 0 Å². The molecule has 0 unspecified atom stereocenters. The Morgan fingerprint density at radius 2 is 1.86 bits per heavy atom. The lowest BCUT2D eigenvalue weighted by Crippen LogP contribution is -2.17. The lowest BCUT2D eigenvalue weighted by molar-refractivity contribution is 0.0955. The molecule has 0 aliphatic rings. The average molecular weight is 300 g/mol. The second-order valence-electron chi connectivity index (χ2n) is 4.35. The lowest BCUT2D eigenvalue weighted by atomic mass is 10.2. The smallest absolute Gasteiger partial charge is 0.271 e. The molecule has 2 rings (SSSR count). The molecule has 0 bridgehead atoms. The number of ether oxygens (including phenoxy) is 2. The van der Waals surface area contributed by atoms with E-state index >= 15 is 0 Å². The Morgan fingerprint density at radius 1 is 1.14 bits per heavy atom. The van der Waals surface area contributed by atoms with Crippen LogP contribution in [0.15, 0.2) is 47.6 Å². The van der Waals surface area contributed by atoms with Crippen LogP contribution in [0.5, 0.6) is 17.2 Å². The van der Waals surface area contributed by atoms with Gasteiger partial charge < -0.3 is 14.6 Å². The van der Waals surface area contributed by atoms with Gasteiger partial charge in [-0.3, -0.25) is 4.79 Å². The van der Waals surface area contributed by atoms with Gasteiger partial charge in [0.05, 0.1) is 20.4 Å². The zero-order chi connectivity index (χ0) is 15.9. The predicted octanol–water partition coefficient (Wildman–Crippen LogP) is 2.17. The minimum absolute atomic E-state index is 0.0983. The maximum absolute atomic E-state index is 11.9. The summed E-state index contributed by atoms with van der Waals surface area (Å²) in [5, 5.41) is 13.1. The SMILES string of the molecule is COc1ccc(OC)c(C=NNC(=O)c2ccc(O)cc2)c1. The first-order chi connectivity index (χ1) is 10.6. The number of nitrogens with one attached hydrogen (secondary N) is 1. The number of carbonyl (C=O) groups is 1. The highest BCUT2D eigenvalue weighted by molar-refractivity contribution is 5.95. The van der Waals surface area contributed by atoms with Gasteiger partial charge in [0, 0.05) is 11.1 Å². The molecule has 0 aliphatic carbocycles. The molecule has 0 aliphatic heterocycles. The van der Waals surface area contributed by atoms with E-state index in [1.807, 2.05) is 0 Å². The predicted molar refractivity (Wildman–Crippen MR) is 82.7 cm³/mol. The van der Waals surface area contributed by atoms with E-state index in [-0.39, 0.29) is 11.7 Å². The molecule has 0 fully saturated rings. The zero-order valence-corrected chi connectivity index (χ0v) is 12.2. The molecule has 0 saturated heterocycles. The molecule has 0 radical (unpaired) electrons. The summed E-state index contributed by atoms with van der Waals surface area (Å²) in [4.78, 5) is 11.9. The normalized spacial score (nSPS) is 10.5. The number of hydrogen-bond donors (Lipinski definition) is 2. The summed E-state index contributed by atoms with van der Waals surface area (Å²) in [6.07, 6.45) is 1.47. The molecule has 0 saturated carbocycles. The number of amides is 1. The second kappa shape index (κ2) is 7.12. The van der Waals surface area contributed by atoms with E-state index in [0.717, 1.165) is 0 Å². The number of methoxy groups -OCH3 is 2. The van der Waals surface area contributed by atoms with Gasteiger partial charge in [0.15, 0.2) is 0 Å². The number of nitrogens with zero attached hydrogens (tertiary/aromatic N) is 1. The number of aromatic hydroxyl groups is 1. The van der Waals surface area contributed by atoms with E-state index in [2.05, 4.69) is 10.5 Å². The van der Waals surface area contributed by atoms with Gasteiger partial charge in [-0.05, 0) is 42.5 Å². The highest BCUT2D eigenvalue weighted by atomic mass is 16.5. The Bertz CT molecular complexity index is 681. The van der Waals surface area contributed by atoms with Crippen molar-refractivity contribution in [2.75, 3.05) is 14.2 Å². The lowest BCUT2D eigenvalue weighted by Gasteiger charge is -2.06. The topological polar surface area (TPSA) is 80.2 Å². The minimum Gasteiger partial charge on any atom is -0.508 e. The van der Waals surface area contributed by atoms with Gasteiger partial charge in [-0.15, -0.1) is 0 Å². The molecule has 0 spiro atoms. The van der Waals surface area contributed by atoms with E-state index in [1.54, 1.807) is 32.4 Å². The molecule has 0 aromatic heterocycles. The number of carbonyl (C=O) groups excluding carboxylic acids is 1. The van der Waals surface area contributed by atoms with Crippen molar-refractivity contribution in [1.29, 1.82) is 0 Å². The van der Waals surface area contributed by atoms with Crippen molar-refractivity contribution in [1.82, 2.24) is 5.43 Å². The Balaban J connectivity index is 2.08. The molecule has 2 aromatic rings. The number of rotatable bonds is 5. The number of hydrogen-bond acceptors (Lipinski definition) is 5. The summed E-state index contributed by atoms with van der Waals surface area (Å²) in [7, 11) is 3.11. The van der Waals surface area contributed by atoms with Crippen molar-refractivity contribution in [2.24, 2.45) is 5.10 Å². The minimum atomic E-state index is -0.377. The first-order valence-corrected chi connectivity index (χ1v) is 6.48. The van der Waals surface area contributed by atoms with Crippen molar-refractivity contribution in [2.45, 2.75) is 0 Å². The van der Waals surface area contributed by atoms with Crippen LogP contribution in [0.2, 0.25) is 0 Å². The Hall–Kier alpha value is -3.02. The first kappa shape index (κ1) is 15.4. The van der Waals surface area contributed by atoms with Gasteiger partial charge in [-0.25, -0.2) is 5.43 Å². The third-order valence-electron chi connectivity index (χ3n) is 2.94. The van der Waals surface area contributed by atoms with E-state index in [9.17, 15) is 9.90 Å². The average Bonchev–Trinajstić information content (AvgIpc) is 2.55. The van der Waals surface area contributed by atoms with Crippen LogP contribution < -0.4 is 14.9 Å². The van der Waals surface area contributed by atoms with Crippen molar-refractivity contribution in [3.05, 3.63) is 53.6 Å². The van der Waals surface area contributed by atoms with Crippen LogP contribution in [0.4, 0.5) is 0 Å². The maximum atomic E-state index is 11.9. The maximum Gasteiger partial charge on any atom is 0.271 e. The van der Waals surface area contributed by atoms with Crippen LogP contribution in [0.1, 0.15) is 15.9 Å².